The van der Waals surface area contributed by atoms with Gasteiger partial charge in [-0.05, 0) is 12.8 Å². The van der Waals surface area contributed by atoms with Crippen molar-refractivity contribution in [1.82, 2.24) is 9.62 Å². The summed E-state index contributed by atoms with van der Waals surface area (Å²) in [5.41, 5.74) is 0. The van der Waals surface area contributed by atoms with Gasteiger partial charge in [0.25, 0.3) is 0 Å². The number of rotatable bonds is 6. The molecule has 1 aliphatic heterocycles. The number of morpholine rings is 1. The van der Waals surface area contributed by atoms with E-state index in [9.17, 15) is 13.2 Å². The fourth-order valence-electron chi connectivity index (χ4n) is 1.74. The molecule has 7 heteroatoms. The number of amides is 1. The Morgan fingerprint density at radius 1 is 1.50 bits per heavy atom. The molecule has 1 N–H and O–H groups in total. The van der Waals surface area contributed by atoms with Gasteiger partial charge in [0, 0.05) is 19.6 Å². The maximum absolute atomic E-state index is 11.6. The van der Waals surface area contributed by atoms with Crippen LogP contribution in [0.3, 0.4) is 0 Å². The van der Waals surface area contributed by atoms with Crippen molar-refractivity contribution >= 4 is 15.9 Å². The standard InChI is InChI=1S/C11H22N2O4S/c1-4-18(15,16)12-5-10-7-13(6-9(2)3)11(14)8-17-10/h9-10,12H,4-8H2,1-3H3. The number of nitrogens with one attached hydrogen (secondary N) is 1. The van der Waals surface area contributed by atoms with Gasteiger partial charge in [0.15, 0.2) is 0 Å². The van der Waals surface area contributed by atoms with Crippen molar-refractivity contribution in [3.8, 4) is 0 Å². The average Bonchev–Trinajstić information content (AvgIpc) is 2.30. The van der Waals surface area contributed by atoms with Crippen molar-refractivity contribution in [2.24, 2.45) is 5.92 Å². The highest BCUT2D eigenvalue weighted by atomic mass is 32.2. The molecule has 1 atom stereocenters. The molecule has 0 aromatic rings. The van der Waals surface area contributed by atoms with E-state index in [2.05, 4.69) is 4.72 Å². The summed E-state index contributed by atoms with van der Waals surface area (Å²) in [7, 11) is -3.21. The molecular weight excluding hydrogens is 256 g/mol. The summed E-state index contributed by atoms with van der Waals surface area (Å²) in [5, 5.41) is 0. The Hall–Kier alpha value is -0.660. The zero-order valence-electron chi connectivity index (χ0n) is 11.2. The van der Waals surface area contributed by atoms with Gasteiger partial charge in [0.05, 0.1) is 11.9 Å². The van der Waals surface area contributed by atoms with Gasteiger partial charge in [0.1, 0.15) is 6.61 Å². The number of carbonyl (C=O) groups is 1. The lowest BCUT2D eigenvalue weighted by Gasteiger charge is -2.33. The predicted octanol–water partition coefficient (Wildman–Crippen LogP) is -0.191. The van der Waals surface area contributed by atoms with Crippen LogP contribution >= 0.6 is 0 Å². The highest BCUT2D eigenvalue weighted by Crippen LogP contribution is 2.09. The van der Waals surface area contributed by atoms with E-state index in [4.69, 9.17) is 4.74 Å². The van der Waals surface area contributed by atoms with Gasteiger partial charge in [0.2, 0.25) is 15.9 Å². The second kappa shape index (κ2) is 6.49. The van der Waals surface area contributed by atoms with E-state index in [-0.39, 0.29) is 30.9 Å². The molecule has 0 aliphatic carbocycles. The van der Waals surface area contributed by atoms with Crippen molar-refractivity contribution in [2.45, 2.75) is 26.9 Å². The van der Waals surface area contributed by atoms with E-state index in [0.717, 1.165) is 0 Å². The summed E-state index contributed by atoms with van der Waals surface area (Å²) in [6, 6.07) is 0. The molecule has 18 heavy (non-hydrogen) atoms. The zero-order chi connectivity index (χ0) is 13.8. The van der Waals surface area contributed by atoms with Crippen LogP contribution in [0.25, 0.3) is 0 Å². The predicted molar refractivity (Wildman–Crippen MR) is 68.6 cm³/mol. The summed E-state index contributed by atoms with van der Waals surface area (Å²) in [6.45, 7) is 7.04. The lowest BCUT2D eigenvalue weighted by atomic mass is 10.2. The van der Waals surface area contributed by atoms with E-state index >= 15 is 0 Å². The summed E-state index contributed by atoms with van der Waals surface area (Å²) in [6.07, 6.45) is -0.261. The molecule has 1 heterocycles. The van der Waals surface area contributed by atoms with Crippen LogP contribution in [0.4, 0.5) is 0 Å². The first-order chi connectivity index (χ1) is 8.34. The van der Waals surface area contributed by atoms with Crippen LogP contribution in [-0.2, 0) is 19.6 Å². The molecule has 1 amide bonds. The molecule has 1 aliphatic rings. The molecule has 0 bridgehead atoms. The van der Waals surface area contributed by atoms with Crippen LogP contribution in [-0.4, -0.2) is 57.3 Å². The van der Waals surface area contributed by atoms with Crippen LogP contribution in [0.1, 0.15) is 20.8 Å². The van der Waals surface area contributed by atoms with E-state index in [1.54, 1.807) is 11.8 Å². The largest absolute Gasteiger partial charge is 0.365 e. The molecule has 1 fully saturated rings. The minimum Gasteiger partial charge on any atom is -0.365 e. The summed E-state index contributed by atoms with van der Waals surface area (Å²) < 4.78 is 30.4. The molecule has 1 saturated heterocycles. The van der Waals surface area contributed by atoms with Gasteiger partial charge in [-0.2, -0.15) is 0 Å². The molecule has 0 saturated carbocycles. The van der Waals surface area contributed by atoms with Crippen LogP contribution in [0.15, 0.2) is 0 Å². The normalized spacial score (nSPS) is 21.7. The molecule has 6 nitrogen and oxygen atoms in total. The summed E-state index contributed by atoms with van der Waals surface area (Å²) >= 11 is 0. The van der Waals surface area contributed by atoms with Gasteiger partial charge in [-0.25, -0.2) is 13.1 Å². The van der Waals surface area contributed by atoms with Crippen LogP contribution in [0, 0.1) is 5.92 Å². The highest BCUT2D eigenvalue weighted by molar-refractivity contribution is 7.89. The monoisotopic (exact) mass is 278 g/mol. The molecule has 0 radical (unpaired) electrons. The van der Waals surface area contributed by atoms with Crippen molar-refractivity contribution in [1.29, 1.82) is 0 Å². The number of hydrogen-bond donors (Lipinski definition) is 1. The first-order valence-electron chi connectivity index (χ1n) is 6.20. The van der Waals surface area contributed by atoms with E-state index in [0.29, 0.717) is 19.0 Å². The third-order valence-corrected chi connectivity index (χ3v) is 4.08. The minimum atomic E-state index is -3.21. The third-order valence-electron chi connectivity index (χ3n) is 2.72. The molecule has 106 valence electrons. The molecule has 1 rings (SSSR count). The number of nitrogens with zero attached hydrogens (tertiary/aromatic N) is 1. The van der Waals surface area contributed by atoms with Crippen molar-refractivity contribution in [3.63, 3.8) is 0 Å². The van der Waals surface area contributed by atoms with Gasteiger partial charge in [-0.15, -0.1) is 0 Å². The number of hydrogen-bond acceptors (Lipinski definition) is 4. The molecule has 0 aromatic heterocycles. The summed E-state index contributed by atoms with van der Waals surface area (Å²) in [4.78, 5) is 13.3. The van der Waals surface area contributed by atoms with Gasteiger partial charge < -0.3 is 9.64 Å². The second-order valence-corrected chi connectivity index (χ2v) is 6.97. The Labute approximate surface area is 109 Å². The molecular formula is C11H22N2O4S. The Morgan fingerprint density at radius 2 is 2.17 bits per heavy atom. The average molecular weight is 278 g/mol. The lowest BCUT2D eigenvalue weighted by Crippen LogP contribution is -2.51. The quantitative estimate of drug-likeness (QED) is 0.730. The Balaban J connectivity index is 2.47. The van der Waals surface area contributed by atoms with Gasteiger partial charge in [-0.3, -0.25) is 4.79 Å². The maximum Gasteiger partial charge on any atom is 0.248 e. The Bertz CT molecular complexity index is 381. The molecule has 1 unspecified atom stereocenters. The van der Waals surface area contributed by atoms with Crippen LogP contribution in [0.2, 0.25) is 0 Å². The van der Waals surface area contributed by atoms with E-state index < -0.39 is 10.0 Å². The minimum absolute atomic E-state index is 0.0294. The van der Waals surface area contributed by atoms with E-state index in [1.807, 2.05) is 13.8 Å². The maximum atomic E-state index is 11.6. The van der Waals surface area contributed by atoms with E-state index in [1.165, 1.54) is 0 Å². The smallest absolute Gasteiger partial charge is 0.248 e. The fourth-order valence-corrected chi connectivity index (χ4v) is 2.39. The zero-order valence-corrected chi connectivity index (χ0v) is 12.0. The molecule has 0 aromatic carbocycles. The second-order valence-electron chi connectivity index (χ2n) is 4.88. The Morgan fingerprint density at radius 3 is 2.72 bits per heavy atom. The van der Waals surface area contributed by atoms with Gasteiger partial charge >= 0.3 is 0 Å². The lowest BCUT2D eigenvalue weighted by molar-refractivity contribution is -0.149. The van der Waals surface area contributed by atoms with Crippen LogP contribution < -0.4 is 4.72 Å². The summed E-state index contributed by atoms with van der Waals surface area (Å²) in [5.74, 6) is 0.410. The first-order valence-corrected chi connectivity index (χ1v) is 7.86. The van der Waals surface area contributed by atoms with Crippen molar-refractivity contribution in [3.05, 3.63) is 0 Å². The Kier molecular flexibility index (Phi) is 5.55. The van der Waals surface area contributed by atoms with Crippen LogP contribution in [0.5, 0.6) is 0 Å². The number of ether oxygens (including phenoxy) is 1. The highest BCUT2D eigenvalue weighted by Gasteiger charge is 2.27. The topological polar surface area (TPSA) is 75.7 Å². The van der Waals surface area contributed by atoms with Crippen molar-refractivity contribution in [2.75, 3.05) is 32.0 Å². The first kappa shape index (κ1) is 15.4. The van der Waals surface area contributed by atoms with Crippen molar-refractivity contribution < 1.29 is 17.9 Å². The van der Waals surface area contributed by atoms with Gasteiger partial charge in [-0.1, -0.05) is 13.8 Å². The molecule has 0 spiro atoms. The number of carbonyl (C=O) groups excluding carboxylic acids is 1. The number of sulfonamides is 1. The third kappa shape index (κ3) is 4.91. The fraction of sp³-hybridized carbons (Fsp3) is 0.909. The SMILES string of the molecule is CCS(=O)(=O)NCC1CN(CC(C)C)C(=O)CO1.